The molecule has 118 valence electrons. The van der Waals surface area contributed by atoms with Gasteiger partial charge in [0.1, 0.15) is 10.2 Å². The van der Waals surface area contributed by atoms with Gasteiger partial charge in [-0.25, -0.2) is 9.78 Å². The van der Waals surface area contributed by atoms with E-state index >= 15 is 0 Å². The number of fused-ring (bicyclic) bond motifs is 1. The van der Waals surface area contributed by atoms with E-state index in [9.17, 15) is 9.90 Å². The number of quaternary nitrogens is 1. The van der Waals surface area contributed by atoms with E-state index in [-0.39, 0.29) is 12.3 Å². The van der Waals surface area contributed by atoms with Crippen LogP contribution in [0.1, 0.15) is 6.92 Å². The number of aromatic nitrogens is 4. The number of nitrogens with one attached hydrogen (secondary N) is 1. The fourth-order valence-corrected chi connectivity index (χ4v) is 1.96. The highest BCUT2D eigenvalue weighted by atomic mass is 32.1. The van der Waals surface area contributed by atoms with E-state index in [0.717, 1.165) is 16.5 Å². The number of likely N-dealkylation sites (N-methyl/N-ethyl adjacent to an activating group) is 1. The smallest absolute Gasteiger partial charge is 0.330 e. The Bertz CT molecular complexity index is 708. The van der Waals surface area contributed by atoms with E-state index in [2.05, 4.69) is 9.97 Å². The number of hydrogen-bond donors (Lipinski definition) is 1. The Labute approximate surface area is 129 Å². The molecule has 2 heterocycles. The summed E-state index contributed by atoms with van der Waals surface area (Å²) in [6.45, 7) is 3.24. The van der Waals surface area contributed by atoms with E-state index in [4.69, 9.17) is 12.2 Å². The fraction of sp³-hybridized carbons (Fsp3) is 0.615. The van der Waals surface area contributed by atoms with Gasteiger partial charge in [-0.05, 0) is 6.92 Å². The Morgan fingerprint density at radius 1 is 1.43 bits per heavy atom. The van der Waals surface area contributed by atoms with Crippen molar-refractivity contribution in [2.24, 2.45) is 7.05 Å². The molecule has 0 aliphatic heterocycles. The van der Waals surface area contributed by atoms with Crippen molar-refractivity contribution < 1.29 is 9.59 Å². The molecule has 21 heavy (non-hydrogen) atoms. The highest BCUT2D eigenvalue weighted by Gasteiger charge is 2.08. The molecule has 0 amide bonds. The van der Waals surface area contributed by atoms with Gasteiger partial charge in [-0.3, -0.25) is 9.13 Å². The van der Waals surface area contributed by atoms with Crippen molar-refractivity contribution in [3.05, 3.63) is 21.5 Å². The summed E-state index contributed by atoms with van der Waals surface area (Å²) < 4.78 is 4.30. The normalized spacial score (nSPS) is 11.3. The second-order valence-corrected chi connectivity index (χ2v) is 6.10. The zero-order valence-corrected chi connectivity index (χ0v) is 14.0. The Hall–Kier alpha value is -1.51. The lowest BCUT2D eigenvalue weighted by Gasteiger charge is -2.25. The lowest BCUT2D eigenvalue weighted by Crippen LogP contribution is -2.39. The average molecular weight is 313 g/mol. The molecule has 1 N–H and O–H groups in total. The minimum absolute atomic E-state index is 0.0312. The first kappa shape index (κ1) is 17.5. The molecule has 0 saturated carbocycles. The molecule has 0 aliphatic carbocycles. The van der Waals surface area contributed by atoms with Gasteiger partial charge in [0.05, 0.1) is 34.0 Å². The van der Waals surface area contributed by atoms with Crippen molar-refractivity contribution in [3.63, 3.8) is 0 Å². The molecular formula is C13H23N5O2S. The summed E-state index contributed by atoms with van der Waals surface area (Å²) >= 11 is 5.12. The molecule has 0 fully saturated rings. The lowest BCUT2D eigenvalue weighted by atomic mass is 10.5. The van der Waals surface area contributed by atoms with Crippen molar-refractivity contribution in [2.45, 2.75) is 13.5 Å². The van der Waals surface area contributed by atoms with E-state index in [1.165, 1.54) is 4.57 Å². The van der Waals surface area contributed by atoms with Crippen LogP contribution in [0.15, 0.2) is 11.1 Å². The van der Waals surface area contributed by atoms with Crippen molar-refractivity contribution in [1.29, 1.82) is 0 Å². The average Bonchev–Trinajstić information content (AvgIpc) is 2.85. The number of nitrogens with zero attached hydrogens (tertiary/aromatic N) is 4. The van der Waals surface area contributed by atoms with Crippen LogP contribution in [0.5, 0.6) is 0 Å². The molecule has 2 aromatic heterocycles. The molecule has 7 nitrogen and oxygen atoms in total. The molecule has 0 unspecified atom stereocenters. The van der Waals surface area contributed by atoms with Crippen molar-refractivity contribution in [1.82, 2.24) is 19.1 Å². The topological polar surface area (TPSA) is 78.7 Å². The van der Waals surface area contributed by atoms with Crippen molar-refractivity contribution in [2.75, 3.05) is 34.3 Å². The SMILES string of the molecule is CCn1c(=O)n(C)c(=S)c2[nH]cnc21.C[N+](C)(C)CC[O-]. The van der Waals surface area contributed by atoms with Crippen LogP contribution in [0, 0.1) is 4.64 Å². The van der Waals surface area contributed by atoms with Crippen molar-refractivity contribution in [3.8, 4) is 0 Å². The molecule has 0 saturated heterocycles. The Kier molecular flexibility index (Phi) is 5.82. The third-order valence-corrected chi connectivity index (χ3v) is 3.47. The molecule has 2 rings (SSSR count). The predicted octanol–water partition coefficient (Wildman–Crippen LogP) is -0.135. The summed E-state index contributed by atoms with van der Waals surface area (Å²) in [7, 11) is 7.70. The van der Waals surface area contributed by atoms with Gasteiger partial charge < -0.3 is 14.6 Å². The zero-order valence-electron chi connectivity index (χ0n) is 13.2. The number of rotatable bonds is 3. The molecule has 0 bridgehead atoms. The summed E-state index contributed by atoms with van der Waals surface area (Å²) in [4.78, 5) is 18.8. The molecule has 2 aromatic rings. The van der Waals surface area contributed by atoms with E-state index in [1.54, 1.807) is 17.9 Å². The fourth-order valence-electron chi connectivity index (χ4n) is 1.73. The summed E-state index contributed by atoms with van der Waals surface area (Å²) in [5, 5.41) is 9.93. The molecule has 8 heteroatoms. The molecular weight excluding hydrogens is 290 g/mol. The minimum atomic E-state index is -0.128. The molecule has 0 atom stereocenters. The van der Waals surface area contributed by atoms with Gasteiger partial charge in [0.2, 0.25) is 0 Å². The number of aromatic amines is 1. The molecule has 0 aliphatic rings. The Balaban J connectivity index is 0.000000270. The highest BCUT2D eigenvalue weighted by molar-refractivity contribution is 7.71. The first-order chi connectivity index (χ1) is 9.72. The van der Waals surface area contributed by atoms with Gasteiger partial charge in [-0.2, -0.15) is 0 Å². The first-order valence-electron chi connectivity index (χ1n) is 6.74. The highest BCUT2D eigenvalue weighted by Crippen LogP contribution is 2.07. The lowest BCUT2D eigenvalue weighted by molar-refractivity contribution is -0.875. The second kappa shape index (κ2) is 6.97. The maximum absolute atomic E-state index is 11.7. The standard InChI is InChI=1S/C8H10N4OS.C5H13NO/c1-3-12-6-5(9-4-10-6)7(14)11(2)8(12)13;1-6(2,3)4-5-7/h4H,3H2,1-2H3,(H,9,10);4-5H2,1-3H3. The summed E-state index contributed by atoms with van der Waals surface area (Å²) in [6, 6.07) is 0. The number of imidazole rings is 1. The van der Waals surface area contributed by atoms with E-state index in [0.29, 0.717) is 16.8 Å². The molecule has 0 aromatic carbocycles. The number of hydrogen-bond acceptors (Lipinski definition) is 4. The second-order valence-electron chi connectivity index (χ2n) is 5.71. The third-order valence-electron chi connectivity index (χ3n) is 2.99. The number of H-pyrrole nitrogens is 1. The van der Waals surface area contributed by atoms with Crippen molar-refractivity contribution >= 4 is 23.4 Å². The molecule has 0 spiro atoms. The number of aryl methyl sites for hydroxylation is 1. The summed E-state index contributed by atoms with van der Waals surface area (Å²) in [6.07, 6.45) is 1.55. The van der Waals surface area contributed by atoms with E-state index < -0.39 is 0 Å². The largest absolute Gasteiger partial charge is 0.850 e. The van der Waals surface area contributed by atoms with Crippen LogP contribution in [0.25, 0.3) is 11.2 Å². The Morgan fingerprint density at radius 3 is 2.48 bits per heavy atom. The summed E-state index contributed by atoms with van der Waals surface area (Å²) in [5.74, 6) is 0. The van der Waals surface area contributed by atoms with Gasteiger partial charge >= 0.3 is 5.69 Å². The monoisotopic (exact) mass is 313 g/mol. The minimum Gasteiger partial charge on any atom is -0.850 e. The van der Waals surface area contributed by atoms with Crippen LogP contribution in [-0.4, -0.2) is 57.9 Å². The van der Waals surface area contributed by atoms with Gasteiger partial charge in [0.25, 0.3) is 0 Å². The quantitative estimate of drug-likeness (QED) is 0.632. The summed E-state index contributed by atoms with van der Waals surface area (Å²) in [5.41, 5.74) is 1.24. The van der Waals surface area contributed by atoms with Gasteiger partial charge in [-0.1, -0.05) is 18.8 Å². The first-order valence-corrected chi connectivity index (χ1v) is 7.15. The zero-order chi connectivity index (χ0) is 16.2. The van der Waals surface area contributed by atoms with Crippen LogP contribution >= 0.6 is 12.2 Å². The van der Waals surface area contributed by atoms with Gasteiger partial charge in [-0.15, -0.1) is 0 Å². The Morgan fingerprint density at radius 2 is 2.05 bits per heavy atom. The van der Waals surface area contributed by atoms with Crippen LogP contribution in [-0.2, 0) is 13.6 Å². The van der Waals surface area contributed by atoms with Crippen LogP contribution in [0.3, 0.4) is 0 Å². The maximum Gasteiger partial charge on any atom is 0.330 e. The third kappa shape index (κ3) is 4.23. The van der Waals surface area contributed by atoms with Crippen LogP contribution < -0.4 is 10.8 Å². The van der Waals surface area contributed by atoms with Crippen LogP contribution in [0.2, 0.25) is 0 Å². The van der Waals surface area contributed by atoms with Gasteiger partial charge in [0.15, 0.2) is 5.65 Å². The molecule has 0 radical (unpaired) electrons. The van der Waals surface area contributed by atoms with E-state index in [1.807, 2.05) is 28.1 Å². The van der Waals surface area contributed by atoms with Crippen LogP contribution in [0.4, 0.5) is 0 Å². The van der Waals surface area contributed by atoms with Gasteiger partial charge in [0, 0.05) is 13.6 Å². The maximum atomic E-state index is 11.7. The predicted molar refractivity (Wildman–Crippen MR) is 83.6 cm³/mol.